The van der Waals surface area contributed by atoms with Crippen LogP contribution in [-0.4, -0.2) is 29.6 Å². The molecule has 0 aromatic heterocycles. The van der Waals surface area contributed by atoms with Gasteiger partial charge in [0.2, 0.25) is 5.91 Å². The summed E-state index contributed by atoms with van der Waals surface area (Å²) in [4.78, 5) is 22.8. The summed E-state index contributed by atoms with van der Waals surface area (Å²) in [7, 11) is 0. The molecule has 114 valence electrons. The average Bonchev–Trinajstić information content (AvgIpc) is 2.50. The van der Waals surface area contributed by atoms with Crippen LogP contribution in [0.2, 0.25) is 0 Å². The molecular weight excluding hydrogens is 268 g/mol. The van der Waals surface area contributed by atoms with Crippen molar-refractivity contribution in [2.45, 2.75) is 38.8 Å². The summed E-state index contributed by atoms with van der Waals surface area (Å²) < 4.78 is 0. The van der Waals surface area contributed by atoms with Crippen LogP contribution < -0.4 is 10.6 Å². The van der Waals surface area contributed by atoms with Gasteiger partial charge in [-0.05, 0) is 30.4 Å². The summed E-state index contributed by atoms with van der Waals surface area (Å²) in [6, 6.07) is 7.93. The van der Waals surface area contributed by atoms with Crippen LogP contribution in [0.25, 0.3) is 0 Å². The largest absolute Gasteiger partial charge is 0.481 e. The third-order valence-corrected chi connectivity index (χ3v) is 3.93. The third kappa shape index (κ3) is 4.29. The maximum absolute atomic E-state index is 12.1. The molecule has 0 saturated heterocycles. The van der Waals surface area contributed by atoms with E-state index in [-0.39, 0.29) is 17.9 Å². The summed E-state index contributed by atoms with van der Waals surface area (Å²) >= 11 is 0. The molecule has 0 saturated carbocycles. The molecule has 1 amide bonds. The van der Waals surface area contributed by atoms with Crippen LogP contribution in [0, 0.1) is 5.92 Å². The fourth-order valence-electron chi connectivity index (χ4n) is 2.51. The number of carboxylic acids is 1. The van der Waals surface area contributed by atoms with Crippen LogP contribution in [0.4, 0.5) is 0 Å². The second kappa shape index (κ2) is 7.22. The first-order valence-electron chi connectivity index (χ1n) is 7.38. The smallest absolute Gasteiger partial charge is 0.306 e. The lowest BCUT2D eigenvalue weighted by molar-refractivity contribution is -0.141. The van der Waals surface area contributed by atoms with E-state index in [1.54, 1.807) is 6.92 Å². The van der Waals surface area contributed by atoms with Gasteiger partial charge in [0.05, 0.1) is 12.0 Å². The molecule has 0 bridgehead atoms. The van der Waals surface area contributed by atoms with Crippen LogP contribution in [0.3, 0.4) is 0 Å². The van der Waals surface area contributed by atoms with Crippen molar-refractivity contribution in [3.63, 3.8) is 0 Å². The Morgan fingerprint density at radius 1 is 1.38 bits per heavy atom. The van der Waals surface area contributed by atoms with Crippen LogP contribution >= 0.6 is 0 Å². The van der Waals surface area contributed by atoms with Gasteiger partial charge in [-0.3, -0.25) is 9.59 Å². The van der Waals surface area contributed by atoms with Crippen molar-refractivity contribution in [1.82, 2.24) is 10.6 Å². The van der Waals surface area contributed by atoms with Gasteiger partial charge < -0.3 is 15.7 Å². The van der Waals surface area contributed by atoms with Crippen molar-refractivity contribution in [3.05, 3.63) is 35.4 Å². The summed E-state index contributed by atoms with van der Waals surface area (Å²) in [6.45, 7) is 2.92. The molecule has 1 aliphatic rings. The van der Waals surface area contributed by atoms with E-state index < -0.39 is 5.97 Å². The van der Waals surface area contributed by atoms with Gasteiger partial charge in [-0.25, -0.2) is 0 Å². The van der Waals surface area contributed by atoms with Crippen molar-refractivity contribution in [2.24, 2.45) is 5.92 Å². The van der Waals surface area contributed by atoms with E-state index in [9.17, 15) is 9.59 Å². The van der Waals surface area contributed by atoms with Gasteiger partial charge in [-0.2, -0.15) is 0 Å². The molecule has 2 atom stereocenters. The topological polar surface area (TPSA) is 78.4 Å². The maximum atomic E-state index is 12.1. The second-order valence-corrected chi connectivity index (χ2v) is 5.58. The number of hydrogen-bond acceptors (Lipinski definition) is 3. The molecule has 2 rings (SSSR count). The minimum absolute atomic E-state index is 0.00696. The zero-order chi connectivity index (χ0) is 15.2. The molecule has 1 aromatic rings. The first-order chi connectivity index (χ1) is 10.1. The standard InChI is InChI=1S/C16H22N2O3/c1-11(16(20)21)5-4-8-17-15(19)14-9-12-6-2-3-7-13(12)10-18-14/h2-3,6-7,11,14,18H,4-5,8-10H2,1H3,(H,17,19)(H,20,21). The lowest BCUT2D eigenvalue weighted by atomic mass is 9.95. The lowest BCUT2D eigenvalue weighted by Gasteiger charge is -2.25. The zero-order valence-electron chi connectivity index (χ0n) is 12.3. The van der Waals surface area contributed by atoms with E-state index >= 15 is 0 Å². The van der Waals surface area contributed by atoms with E-state index in [1.807, 2.05) is 12.1 Å². The summed E-state index contributed by atoms with van der Waals surface area (Å²) in [5.74, 6) is -1.15. The Hall–Kier alpha value is -1.88. The Morgan fingerprint density at radius 2 is 2.10 bits per heavy atom. The van der Waals surface area contributed by atoms with Crippen LogP contribution in [-0.2, 0) is 22.6 Å². The number of carbonyl (C=O) groups is 2. The van der Waals surface area contributed by atoms with E-state index in [0.29, 0.717) is 32.4 Å². The van der Waals surface area contributed by atoms with Gasteiger partial charge in [-0.1, -0.05) is 31.2 Å². The van der Waals surface area contributed by atoms with Crippen molar-refractivity contribution < 1.29 is 14.7 Å². The van der Waals surface area contributed by atoms with Crippen molar-refractivity contribution >= 4 is 11.9 Å². The highest BCUT2D eigenvalue weighted by Crippen LogP contribution is 2.16. The Labute approximate surface area is 124 Å². The van der Waals surface area contributed by atoms with Crippen LogP contribution in [0.5, 0.6) is 0 Å². The van der Waals surface area contributed by atoms with Gasteiger partial charge in [0.15, 0.2) is 0 Å². The number of carbonyl (C=O) groups excluding carboxylic acids is 1. The summed E-state index contributed by atoms with van der Waals surface area (Å²) in [6.07, 6.45) is 1.96. The number of amides is 1. The van der Waals surface area contributed by atoms with Crippen molar-refractivity contribution in [2.75, 3.05) is 6.54 Å². The predicted octanol–water partition coefficient (Wildman–Crippen LogP) is 1.32. The Kier molecular flexibility index (Phi) is 5.33. The molecule has 0 radical (unpaired) electrons. The zero-order valence-corrected chi connectivity index (χ0v) is 12.3. The molecule has 2 unspecified atom stereocenters. The van der Waals surface area contributed by atoms with Crippen molar-refractivity contribution in [1.29, 1.82) is 0 Å². The second-order valence-electron chi connectivity index (χ2n) is 5.58. The van der Waals surface area contributed by atoms with Gasteiger partial charge >= 0.3 is 5.97 Å². The normalized spacial score (nSPS) is 18.6. The highest BCUT2D eigenvalue weighted by Gasteiger charge is 2.23. The maximum Gasteiger partial charge on any atom is 0.306 e. The van der Waals surface area contributed by atoms with Gasteiger partial charge in [-0.15, -0.1) is 0 Å². The minimum atomic E-state index is -0.785. The van der Waals surface area contributed by atoms with Crippen LogP contribution in [0.1, 0.15) is 30.9 Å². The highest BCUT2D eigenvalue weighted by atomic mass is 16.4. The summed E-state index contributed by atoms with van der Waals surface area (Å²) in [5, 5.41) is 14.9. The van der Waals surface area contributed by atoms with E-state index in [2.05, 4.69) is 22.8 Å². The molecule has 0 fully saturated rings. The predicted molar refractivity (Wildman–Crippen MR) is 79.8 cm³/mol. The van der Waals surface area contributed by atoms with Gasteiger partial charge in [0.25, 0.3) is 0 Å². The number of hydrogen-bond donors (Lipinski definition) is 3. The number of benzene rings is 1. The number of nitrogens with one attached hydrogen (secondary N) is 2. The van der Waals surface area contributed by atoms with Gasteiger partial charge in [0, 0.05) is 13.1 Å². The molecule has 1 heterocycles. The number of fused-ring (bicyclic) bond motifs is 1. The molecule has 1 aliphatic heterocycles. The number of rotatable bonds is 6. The Balaban J connectivity index is 1.74. The first-order valence-corrected chi connectivity index (χ1v) is 7.38. The number of aliphatic carboxylic acids is 1. The van der Waals surface area contributed by atoms with E-state index in [1.165, 1.54) is 11.1 Å². The SMILES string of the molecule is CC(CCCNC(=O)C1Cc2ccccc2CN1)C(=O)O. The number of carboxylic acid groups (broad SMARTS) is 1. The van der Waals surface area contributed by atoms with Crippen molar-refractivity contribution in [3.8, 4) is 0 Å². The first kappa shape index (κ1) is 15.5. The Morgan fingerprint density at radius 3 is 2.81 bits per heavy atom. The molecule has 5 heteroatoms. The molecule has 0 spiro atoms. The molecule has 21 heavy (non-hydrogen) atoms. The van der Waals surface area contributed by atoms with E-state index in [4.69, 9.17) is 5.11 Å². The van der Waals surface area contributed by atoms with Gasteiger partial charge in [0.1, 0.15) is 0 Å². The fraction of sp³-hybridized carbons (Fsp3) is 0.500. The summed E-state index contributed by atoms with van der Waals surface area (Å²) in [5.41, 5.74) is 2.47. The molecule has 5 nitrogen and oxygen atoms in total. The molecule has 0 aliphatic carbocycles. The molecule has 1 aromatic carbocycles. The molecule has 3 N–H and O–H groups in total. The van der Waals surface area contributed by atoms with E-state index in [0.717, 1.165) is 0 Å². The lowest BCUT2D eigenvalue weighted by Crippen LogP contribution is -2.47. The monoisotopic (exact) mass is 290 g/mol. The highest BCUT2D eigenvalue weighted by molar-refractivity contribution is 5.82. The van der Waals surface area contributed by atoms with Crippen LogP contribution in [0.15, 0.2) is 24.3 Å². The quantitative estimate of drug-likeness (QED) is 0.690. The minimum Gasteiger partial charge on any atom is -0.481 e. The average molecular weight is 290 g/mol. The molecular formula is C16H22N2O3. The Bertz CT molecular complexity index is 516. The third-order valence-electron chi connectivity index (χ3n) is 3.93. The fourth-order valence-corrected chi connectivity index (χ4v) is 2.51.